The lowest BCUT2D eigenvalue weighted by Crippen LogP contribution is -2.63. The van der Waals surface area contributed by atoms with E-state index in [2.05, 4.69) is 0 Å². The molecule has 0 amide bonds. The Morgan fingerprint density at radius 1 is 0.871 bits per heavy atom. The van der Waals surface area contributed by atoms with Crippen LogP contribution >= 0.6 is 0 Å². The molecule has 0 aromatic rings. The zero-order valence-electron chi connectivity index (χ0n) is 17.8. The largest absolute Gasteiger partial charge is 0.480 e. The van der Waals surface area contributed by atoms with Gasteiger partial charge >= 0.3 is 29.8 Å². The molecule has 0 saturated carbocycles. The summed E-state index contributed by atoms with van der Waals surface area (Å²) in [6.45, 7) is 5.27. The van der Waals surface area contributed by atoms with Gasteiger partial charge in [0.25, 0.3) is 0 Å². The molecule has 1 heterocycles. The molecule has 0 aliphatic carbocycles. The molecule has 1 saturated heterocycles. The van der Waals surface area contributed by atoms with Crippen LogP contribution in [0, 0.1) is 0 Å². The van der Waals surface area contributed by atoms with Crippen molar-refractivity contribution in [2.45, 2.75) is 77.5 Å². The third-order valence-electron chi connectivity index (χ3n) is 4.09. The number of esters is 4. The molecule has 0 aromatic carbocycles. The number of carboxylic acids is 1. The standard InChI is InChI=1S/C18H27NO12/c1-7(13(19)17(24)25)27-18-16(30-11(5)23)15(29-10(4)22)14(28-9(3)21)12(31-18)6-26-8(2)20/h7,12-16,18H,6,19H2,1-5H3,(H,24,25)/t7-,12-,13+,14-,15+,16-,18-/m1/s1. The van der Waals surface area contributed by atoms with Crippen LogP contribution in [0.15, 0.2) is 0 Å². The lowest BCUT2D eigenvalue weighted by Gasteiger charge is -2.44. The number of carbonyl (C=O) groups is 5. The molecule has 0 bridgehead atoms. The highest BCUT2D eigenvalue weighted by atomic mass is 16.7. The second-order valence-electron chi connectivity index (χ2n) is 6.77. The molecule has 1 aliphatic heterocycles. The Morgan fingerprint density at radius 2 is 1.35 bits per heavy atom. The van der Waals surface area contributed by atoms with Crippen LogP contribution in [-0.4, -0.2) is 84.4 Å². The minimum Gasteiger partial charge on any atom is -0.480 e. The van der Waals surface area contributed by atoms with Crippen LogP contribution in [-0.2, 0) is 52.4 Å². The van der Waals surface area contributed by atoms with Gasteiger partial charge in [0.1, 0.15) is 18.8 Å². The molecule has 1 fully saturated rings. The summed E-state index contributed by atoms with van der Waals surface area (Å²) >= 11 is 0. The Morgan fingerprint density at radius 3 is 1.81 bits per heavy atom. The molecule has 1 rings (SSSR count). The van der Waals surface area contributed by atoms with Crippen LogP contribution in [0.1, 0.15) is 34.6 Å². The summed E-state index contributed by atoms with van der Waals surface area (Å²) in [5.74, 6) is -4.43. The quantitative estimate of drug-likeness (QED) is 0.319. The van der Waals surface area contributed by atoms with E-state index in [1.807, 2.05) is 0 Å². The molecule has 31 heavy (non-hydrogen) atoms. The SMILES string of the molecule is CC(=O)OC[C@H]1O[C@@H](O[C@H](C)[C@H](N)C(=O)O)[C@H](OC(C)=O)[C@@H](OC(C)=O)[C@@H]1OC(C)=O. The van der Waals surface area contributed by atoms with Crippen LogP contribution in [0.5, 0.6) is 0 Å². The Balaban J connectivity index is 3.35. The van der Waals surface area contributed by atoms with Gasteiger partial charge in [-0.1, -0.05) is 0 Å². The molecule has 0 radical (unpaired) electrons. The van der Waals surface area contributed by atoms with E-state index in [1.54, 1.807) is 0 Å². The first kappa shape index (κ1) is 26.3. The normalized spacial score (nSPS) is 27.4. The van der Waals surface area contributed by atoms with E-state index in [0.717, 1.165) is 27.7 Å². The van der Waals surface area contributed by atoms with E-state index in [0.29, 0.717) is 0 Å². The average Bonchev–Trinajstić information content (AvgIpc) is 2.62. The lowest BCUT2D eigenvalue weighted by atomic mass is 9.98. The Labute approximate surface area is 178 Å². The number of rotatable bonds is 9. The van der Waals surface area contributed by atoms with Gasteiger partial charge in [0.2, 0.25) is 0 Å². The van der Waals surface area contributed by atoms with Gasteiger partial charge in [-0.2, -0.15) is 0 Å². The highest BCUT2D eigenvalue weighted by Crippen LogP contribution is 2.30. The second kappa shape index (κ2) is 11.6. The van der Waals surface area contributed by atoms with Crippen LogP contribution in [0.3, 0.4) is 0 Å². The molecule has 0 spiro atoms. The smallest absolute Gasteiger partial charge is 0.323 e. The molecular weight excluding hydrogens is 422 g/mol. The number of hydrogen-bond donors (Lipinski definition) is 2. The fourth-order valence-electron chi connectivity index (χ4n) is 2.80. The second-order valence-corrected chi connectivity index (χ2v) is 6.77. The molecule has 7 atom stereocenters. The van der Waals surface area contributed by atoms with Crippen LogP contribution in [0.25, 0.3) is 0 Å². The Kier molecular flexibility index (Phi) is 9.81. The number of hydrogen-bond acceptors (Lipinski definition) is 12. The zero-order valence-corrected chi connectivity index (χ0v) is 17.8. The van der Waals surface area contributed by atoms with E-state index in [4.69, 9.17) is 39.3 Å². The fourth-order valence-corrected chi connectivity index (χ4v) is 2.80. The number of nitrogens with two attached hydrogens (primary N) is 1. The van der Waals surface area contributed by atoms with Crippen LogP contribution in [0.2, 0.25) is 0 Å². The van der Waals surface area contributed by atoms with E-state index < -0.39 is 79.3 Å². The molecule has 176 valence electrons. The molecule has 13 nitrogen and oxygen atoms in total. The third-order valence-corrected chi connectivity index (χ3v) is 4.09. The van der Waals surface area contributed by atoms with Crippen molar-refractivity contribution >= 4 is 29.8 Å². The van der Waals surface area contributed by atoms with Gasteiger partial charge in [0.05, 0.1) is 6.10 Å². The van der Waals surface area contributed by atoms with Crippen molar-refractivity contribution in [2.75, 3.05) is 6.61 Å². The van der Waals surface area contributed by atoms with Crippen molar-refractivity contribution in [3.8, 4) is 0 Å². The molecule has 0 unspecified atom stereocenters. The van der Waals surface area contributed by atoms with E-state index in [1.165, 1.54) is 6.92 Å². The lowest BCUT2D eigenvalue weighted by molar-refractivity contribution is -0.316. The zero-order chi connectivity index (χ0) is 23.9. The monoisotopic (exact) mass is 449 g/mol. The van der Waals surface area contributed by atoms with Crippen molar-refractivity contribution in [2.24, 2.45) is 5.73 Å². The summed E-state index contributed by atoms with van der Waals surface area (Å²) in [4.78, 5) is 57.4. The first-order chi connectivity index (χ1) is 14.3. The van der Waals surface area contributed by atoms with E-state index in [-0.39, 0.29) is 0 Å². The van der Waals surface area contributed by atoms with Gasteiger partial charge in [-0.15, -0.1) is 0 Å². The highest BCUT2D eigenvalue weighted by Gasteiger charge is 2.53. The fraction of sp³-hybridized carbons (Fsp3) is 0.722. The van der Waals surface area contributed by atoms with Crippen molar-refractivity contribution in [3.63, 3.8) is 0 Å². The van der Waals surface area contributed by atoms with Crippen LogP contribution < -0.4 is 5.73 Å². The van der Waals surface area contributed by atoms with Crippen molar-refractivity contribution in [3.05, 3.63) is 0 Å². The van der Waals surface area contributed by atoms with E-state index in [9.17, 15) is 24.0 Å². The Hall–Kier alpha value is -2.77. The summed E-state index contributed by atoms with van der Waals surface area (Å²) in [6, 6.07) is -1.47. The van der Waals surface area contributed by atoms with Crippen molar-refractivity contribution < 1.29 is 57.5 Å². The minimum atomic E-state index is -1.50. The first-order valence-corrected chi connectivity index (χ1v) is 9.27. The van der Waals surface area contributed by atoms with Gasteiger partial charge in [0, 0.05) is 27.7 Å². The third kappa shape index (κ3) is 8.11. The first-order valence-electron chi connectivity index (χ1n) is 9.27. The van der Waals surface area contributed by atoms with Gasteiger partial charge in [-0.3, -0.25) is 24.0 Å². The summed E-state index contributed by atoms with van der Waals surface area (Å²) in [7, 11) is 0. The number of aliphatic carboxylic acids is 1. The summed E-state index contributed by atoms with van der Waals surface area (Å²) in [5.41, 5.74) is 5.55. The molecule has 13 heteroatoms. The molecule has 1 aliphatic rings. The highest BCUT2D eigenvalue weighted by molar-refractivity contribution is 5.73. The molecule has 0 aromatic heterocycles. The van der Waals surface area contributed by atoms with Gasteiger partial charge in [-0.05, 0) is 6.92 Å². The van der Waals surface area contributed by atoms with Crippen molar-refractivity contribution in [1.82, 2.24) is 0 Å². The minimum absolute atomic E-state index is 0.433. The van der Waals surface area contributed by atoms with E-state index >= 15 is 0 Å². The Bertz CT molecular complexity index is 695. The number of ether oxygens (including phenoxy) is 6. The molecule has 3 N–H and O–H groups in total. The van der Waals surface area contributed by atoms with Gasteiger partial charge < -0.3 is 39.3 Å². The predicted molar refractivity (Wildman–Crippen MR) is 98.1 cm³/mol. The summed E-state index contributed by atoms with van der Waals surface area (Å²) in [6.07, 6.45) is -8.06. The average molecular weight is 449 g/mol. The summed E-state index contributed by atoms with van der Waals surface area (Å²) < 4.78 is 31.8. The maximum atomic E-state index is 11.7. The predicted octanol–water partition coefficient (Wildman–Crippen LogP) is -1.11. The van der Waals surface area contributed by atoms with Gasteiger partial charge in [0.15, 0.2) is 24.6 Å². The number of carboxylic acid groups (broad SMARTS) is 1. The van der Waals surface area contributed by atoms with Crippen LogP contribution in [0.4, 0.5) is 0 Å². The maximum Gasteiger partial charge on any atom is 0.323 e. The topological polar surface area (TPSA) is 187 Å². The maximum absolute atomic E-state index is 11.7. The van der Waals surface area contributed by atoms with Gasteiger partial charge in [-0.25, -0.2) is 0 Å². The molecular formula is C18H27NO12. The van der Waals surface area contributed by atoms with Crippen molar-refractivity contribution in [1.29, 1.82) is 0 Å². The number of carbonyl (C=O) groups excluding carboxylic acids is 4. The summed E-state index contributed by atoms with van der Waals surface area (Å²) in [5, 5.41) is 9.09.